The Hall–Kier alpha value is -3.86. The molecule has 1 aliphatic rings. The molecule has 3 aromatic rings. The van der Waals surface area contributed by atoms with Crippen LogP contribution in [0.25, 0.3) is 6.08 Å². The number of carbonyl (C=O) groups is 1. The summed E-state index contributed by atoms with van der Waals surface area (Å²) in [6, 6.07) is 25.1. The lowest BCUT2D eigenvalue weighted by Crippen LogP contribution is -2.21. The molecule has 4 rings (SSSR count). The molecular weight excluding hydrogens is 388 g/mol. The highest BCUT2D eigenvalue weighted by atomic mass is 16.5. The Morgan fingerprint density at radius 2 is 1.61 bits per heavy atom. The van der Waals surface area contributed by atoms with Gasteiger partial charge in [0.15, 0.2) is 11.5 Å². The molecule has 5 heteroatoms. The molecule has 0 saturated carbocycles. The molecule has 0 fully saturated rings. The summed E-state index contributed by atoms with van der Waals surface area (Å²) in [4.78, 5) is 12.9. The van der Waals surface area contributed by atoms with E-state index in [1.165, 1.54) is 5.01 Å². The molecule has 3 aromatic carbocycles. The van der Waals surface area contributed by atoms with E-state index in [0.717, 1.165) is 16.8 Å². The Kier molecular flexibility index (Phi) is 6.13. The fraction of sp³-hybridized carbons (Fsp3) is 0.154. The molecule has 5 nitrogen and oxygen atoms in total. The fourth-order valence-corrected chi connectivity index (χ4v) is 3.33. The second-order valence-corrected chi connectivity index (χ2v) is 7.11. The summed E-state index contributed by atoms with van der Waals surface area (Å²) in [5.74, 6) is 1.17. The van der Waals surface area contributed by atoms with Crippen LogP contribution in [0.2, 0.25) is 0 Å². The number of hydrogen-bond acceptors (Lipinski definition) is 4. The van der Waals surface area contributed by atoms with Gasteiger partial charge in [-0.1, -0.05) is 54.6 Å². The number of anilines is 1. The molecule has 0 radical (unpaired) electrons. The van der Waals surface area contributed by atoms with E-state index in [0.29, 0.717) is 36.0 Å². The van der Waals surface area contributed by atoms with E-state index in [1.807, 2.05) is 98.8 Å². The van der Waals surface area contributed by atoms with E-state index >= 15 is 0 Å². The second kappa shape index (κ2) is 9.30. The zero-order valence-corrected chi connectivity index (χ0v) is 17.6. The van der Waals surface area contributed by atoms with Crippen LogP contribution in [0, 0.1) is 0 Å². The third-order valence-corrected chi connectivity index (χ3v) is 4.88. The molecule has 31 heavy (non-hydrogen) atoms. The van der Waals surface area contributed by atoms with Crippen molar-refractivity contribution in [2.24, 2.45) is 5.10 Å². The second-order valence-electron chi connectivity index (χ2n) is 7.11. The lowest BCUT2D eigenvalue weighted by atomic mass is 10.1. The van der Waals surface area contributed by atoms with Gasteiger partial charge in [-0.2, -0.15) is 10.1 Å². The van der Waals surface area contributed by atoms with Gasteiger partial charge in [0.1, 0.15) is 6.61 Å². The van der Waals surface area contributed by atoms with Crippen LogP contribution < -0.4 is 14.5 Å². The number of hydrazone groups is 1. The lowest BCUT2D eigenvalue weighted by molar-refractivity contribution is -0.114. The maximum absolute atomic E-state index is 12.9. The molecule has 156 valence electrons. The third-order valence-electron chi connectivity index (χ3n) is 4.88. The van der Waals surface area contributed by atoms with Gasteiger partial charge in [-0.3, -0.25) is 4.79 Å². The average Bonchev–Trinajstić information content (AvgIpc) is 3.08. The summed E-state index contributed by atoms with van der Waals surface area (Å²) < 4.78 is 11.8. The minimum atomic E-state index is -0.147. The quantitative estimate of drug-likeness (QED) is 0.484. The maximum atomic E-state index is 12.9. The Balaban J connectivity index is 1.57. The molecule has 0 N–H and O–H groups in total. The number of rotatable bonds is 7. The van der Waals surface area contributed by atoms with Crippen molar-refractivity contribution in [1.82, 2.24) is 0 Å². The van der Waals surface area contributed by atoms with E-state index in [9.17, 15) is 4.79 Å². The van der Waals surface area contributed by atoms with E-state index < -0.39 is 0 Å². The van der Waals surface area contributed by atoms with Crippen LogP contribution in [0.15, 0.2) is 89.5 Å². The Labute approximate surface area is 182 Å². The van der Waals surface area contributed by atoms with Crippen molar-refractivity contribution in [3.8, 4) is 11.5 Å². The number of hydrogen-bond donors (Lipinski definition) is 0. The highest BCUT2D eigenvalue weighted by Crippen LogP contribution is 2.31. The molecule has 0 unspecified atom stereocenters. The Morgan fingerprint density at radius 1 is 0.903 bits per heavy atom. The van der Waals surface area contributed by atoms with Crippen molar-refractivity contribution >= 4 is 23.4 Å². The van der Waals surface area contributed by atoms with E-state index in [-0.39, 0.29) is 5.91 Å². The van der Waals surface area contributed by atoms with Crippen LogP contribution in [0.4, 0.5) is 5.69 Å². The summed E-state index contributed by atoms with van der Waals surface area (Å²) in [5, 5.41) is 5.87. The van der Waals surface area contributed by atoms with Crippen LogP contribution in [-0.4, -0.2) is 18.2 Å². The first-order valence-corrected chi connectivity index (χ1v) is 10.3. The van der Waals surface area contributed by atoms with Crippen molar-refractivity contribution in [2.45, 2.75) is 20.5 Å². The van der Waals surface area contributed by atoms with Gasteiger partial charge in [0.2, 0.25) is 0 Å². The zero-order valence-electron chi connectivity index (χ0n) is 17.6. The zero-order chi connectivity index (χ0) is 21.6. The highest BCUT2D eigenvalue weighted by molar-refractivity contribution is 6.32. The topological polar surface area (TPSA) is 51.1 Å². The normalized spacial score (nSPS) is 14.6. The fourth-order valence-electron chi connectivity index (χ4n) is 3.33. The van der Waals surface area contributed by atoms with E-state index in [1.54, 1.807) is 0 Å². The first-order chi connectivity index (χ1) is 15.2. The van der Waals surface area contributed by atoms with Crippen molar-refractivity contribution in [3.63, 3.8) is 0 Å². The van der Waals surface area contributed by atoms with Crippen LogP contribution in [-0.2, 0) is 11.4 Å². The molecular formula is C26H24N2O3. The number of nitrogens with zero attached hydrogens (tertiary/aromatic N) is 2. The lowest BCUT2D eigenvalue weighted by Gasteiger charge is -2.13. The summed E-state index contributed by atoms with van der Waals surface area (Å²) in [6.07, 6.45) is 1.84. The molecule has 0 aromatic heterocycles. The summed E-state index contributed by atoms with van der Waals surface area (Å²) in [7, 11) is 0. The van der Waals surface area contributed by atoms with Gasteiger partial charge in [0.25, 0.3) is 5.91 Å². The van der Waals surface area contributed by atoms with Crippen molar-refractivity contribution < 1.29 is 14.3 Å². The SMILES string of the molecule is CCOc1cc(/C=C2\C(=O)N(c3ccccc3)N=C2C)ccc1OCc1ccccc1. The van der Waals surface area contributed by atoms with Gasteiger partial charge in [-0.25, -0.2) is 0 Å². The summed E-state index contributed by atoms with van der Waals surface area (Å²) in [5.41, 5.74) is 3.92. The molecule has 1 heterocycles. The average molecular weight is 412 g/mol. The summed E-state index contributed by atoms with van der Waals surface area (Å²) in [6.45, 7) is 4.75. The number of benzene rings is 3. The molecule has 0 saturated heterocycles. The number of ether oxygens (including phenoxy) is 2. The summed E-state index contributed by atoms with van der Waals surface area (Å²) >= 11 is 0. The molecule has 1 amide bonds. The minimum absolute atomic E-state index is 0.147. The maximum Gasteiger partial charge on any atom is 0.280 e. The molecule has 0 spiro atoms. The van der Waals surface area contributed by atoms with Gasteiger partial charge in [-0.15, -0.1) is 0 Å². The van der Waals surface area contributed by atoms with Crippen molar-refractivity contribution in [2.75, 3.05) is 11.6 Å². The predicted molar refractivity (Wildman–Crippen MR) is 123 cm³/mol. The largest absolute Gasteiger partial charge is 0.490 e. The van der Waals surface area contributed by atoms with Crippen molar-refractivity contribution in [1.29, 1.82) is 0 Å². The number of carbonyl (C=O) groups excluding carboxylic acids is 1. The molecule has 0 bridgehead atoms. The standard InChI is InChI=1S/C26H24N2O3/c1-3-30-25-17-21(14-15-24(25)31-18-20-10-6-4-7-11-20)16-23-19(2)27-28(26(23)29)22-12-8-5-9-13-22/h4-17H,3,18H2,1-2H3/b23-16-. The van der Waals surface area contributed by atoms with Crippen LogP contribution in [0.3, 0.4) is 0 Å². The monoisotopic (exact) mass is 412 g/mol. The molecule has 0 aliphatic carbocycles. The number of amides is 1. The molecule has 1 aliphatic heterocycles. The smallest absolute Gasteiger partial charge is 0.280 e. The van der Waals surface area contributed by atoms with Gasteiger partial charge >= 0.3 is 0 Å². The van der Waals surface area contributed by atoms with Crippen molar-refractivity contribution in [3.05, 3.63) is 95.6 Å². The molecule has 0 atom stereocenters. The first kappa shape index (κ1) is 20.4. The Bertz CT molecular complexity index is 1120. The minimum Gasteiger partial charge on any atom is -0.490 e. The van der Waals surface area contributed by atoms with E-state index in [4.69, 9.17) is 9.47 Å². The first-order valence-electron chi connectivity index (χ1n) is 10.3. The Morgan fingerprint density at radius 3 is 2.32 bits per heavy atom. The van der Waals surface area contributed by atoms with Gasteiger partial charge in [0.05, 0.1) is 23.6 Å². The van der Waals surface area contributed by atoms with Gasteiger partial charge < -0.3 is 9.47 Å². The third kappa shape index (κ3) is 4.67. The van der Waals surface area contributed by atoms with Crippen LogP contribution >= 0.6 is 0 Å². The van der Waals surface area contributed by atoms with Gasteiger partial charge in [-0.05, 0) is 55.3 Å². The van der Waals surface area contributed by atoms with Crippen LogP contribution in [0.1, 0.15) is 25.0 Å². The van der Waals surface area contributed by atoms with Gasteiger partial charge in [0, 0.05) is 0 Å². The number of para-hydroxylation sites is 1. The highest BCUT2D eigenvalue weighted by Gasteiger charge is 2.28. The van der Waals surface area contributed by atoms with E-state index in [2.05, 4.69) is 5.10 Å². The predicted octanol–water partition coefficient (Wildman–Crippen LogP) is 5.47. The van der Waals surface area contributed by atoms with Crippen LogP contribution in [0.5, 0.6) is 11.5 Å².